The quantitative estimate of drug-likeness (QED) is 0.236. The summed E-state index contributed by atoms with van der Waals surface area (Å²) in [5, 5.41) is 0. The van der Waals surface area contributed by atoms with E-state index in [1.54, 1.807) is 0 Å². The van der Waals surface area contributed by atoms with Crippen molar-refractivity contribution in [3.8, 4) is 0 Å². The summed E-state index contributed by atoms with van der Waals surface area (Å²) in [6.07, 6.45) is 0. The van der Waals surface area contributed by atoms with E-state index in [9.17, 15) is 0 Å². The molecular weight excluding hydrogens is 708 g/mol. The largest absolute Gasteiger partial charge is 3.00 e. The van der Waals surface area contributed by atoms with Crippen LogP contribution >= 0.6 is 0 Å². The van der Waals surface area contributed by atoms with Gasteiger partial charge in [-0.25, -0.2) is 0 Å². The van der Waals surface area contributed by atoms with Crippen LogP contribution in [0.5, 0.6) is 0 Å². The van der Waals surface area contributed by atoms with E-state index < -0.39 is 67.9 Å². The van der Waals surface area contributed by atoms with Crippen LogP contribution in [0.4, 0.5) is 0 Å². The van der Waals surface area contributed by atoms with Crippen LogP contribution in [0.2, 0.25) is 0 Å². The van der Waals surface area contributed by atoms with Crippen molar-refractivity contribution in [2.45, 2.75) is 0 Å². The van der Waals surface area contributed by atoms with Gasteiger partial charge in [-0.1, -0.05) is 0 Å². The number of hydrogen-bond donors (Lipinski definition) is 0. The SMILES string of the molecule is [O]=[Zr]([O-])[O-].[O]=[Zr]([O-])[O-].[O]=[Zr]([O-])[O-].[Pm+3].[Pm+3]. The molecule has 0 aliphatic rings. The van der Waals surface area contributed by atoms with Crippen molar-refractivity contribution in [2.75, 3.05) is 0 Å². The molecule has 0 fully saturated rings. The summed E-state index contributed by atoms with van der Waals surface area (Å²) < 4.78 is 77.5. The first-order chi connectivity index (χ1) is 5.20. The van der Waals surface area contributed by atoms with Gasteiger partial charge in [0.2, 0.25) is 0 Å². The van der Waals surface area contributed by atoms with E-state index in [-0.39, 0.29) is 80.8 Å². The summed E-state index contributed by atoms with van der Waals surface area (Å²) in [7, 11) is 0. The molecule has 0 N–H and O–H groups in total. The van der Waals surface area contributed by atoms with Crippen LogP contribution in [-0.2, 0) is 76.3 Å². The molecule has 0 spiro atoms. The third kappa shape index (κ3) is 197. The van der Waals surface area contributed by atoms with Crippen molar-refractivity contribution in [3.05, 3.63) is 0 Å². The summed E-state index contributed by atoms with van der Waals surface area (Å²) in [6, 6.07) is 0. The van der Waals surface area contributed by atoms with Crippen LogP contribution in [0.3, 0.4) is 0 Å². The number of rotatable bonds is 0. The first kappa shape index (κ1) is 31.1. The molecular formula is O9Pm2Zr3. The standard InChI is InChI=1S/9O.2Pm.3Zr/q;;;6*-1;2*+3;;;. The number of hydrogen-bond acceptors (Lipinski definition) is 9. The van der Waals surface area contributed by atoms with Crippen molar-refractivity contribution >= 4 is 0 Å². The summed E-state index contributed by atoms with van der Waals surface area (Å²) in [6.45, 7) is 0. The van der Waals surface area contributed by atoms with Gasteiger partial charge in [-0.15, -0.1) is 0 Å². The van der Waals surface area contributed by atoms with E-state index in [1.807, 2.05) is 0 Å². The van der Waals surface area contributed by atoms with Gasteiger partial charge in [0, 0.05) is 0 Å². The maximum absolute atomic E-state index is 8.61. The van der Waals surface area contributed by atoms with Crippen LogP contribution < -0.4 is 19.1 Å². The molecule has 14 heavy (non-hydrogen) atoms. The minimum Gasteiger partial charge on any atom is 3.00 e. The van der Waals surface area contributed by atoms with Crippen molar-refractivity contribution in [2.24, 2.45) is 0 Å². The Morgan fingerprint density at radius 2 is 0.500 bits per heavy atom. The Hall–Kier alpha value is 4.48. The van der Waals surface area contributed by atoms with E-state index in [1.165, 1.54) is 0 Å². The zero-order valence-electron chi connectivity index (χ0n) is 6.07. The molecule has 0 aromatic rings. The smallest absolute Gasteiger partial charge is 3.00 e. The molecule has 76 valence electrons. The molecule has 0 amide bonds. The maximum Gasteiger partial charge on any atom is 3.00 e. The van der Waals surface area contributed by atoms with Gasteiger partial charge in [0.05, 0.1) is 0 Å². The molecule has 0 heterocycles. The molecule has 0 rings (SSSR count). The van der Waals surface area contributed by atoms with Crippen LogP contribution in [0, 0.1) is 80.8 Å². The van der Waals surface area contributed by atoms with E-state index in [0.717, 1.165) is 0 Å². The Balaban J connectivity index is -0.0000000270. The van der Waals surface area contributed by atoms with Gasteiger partial charge in [0.1, 0.15) is 0 Å². The predicted molar refractivity (Wildman–Crippen MR) is 2.06 cm³/mol. The molecule has 0 unspecified atom stereocenters. The normalized spacial score (nSPS) is 5.57. The summed E-state index contributed by atoms with van der Waals surface area (Å²) in [4.78, 5) is 0. The van der Waals surface area contributed by atoms with Gasteiger partial charge in [0.15, 0.2) is 0 Å². The van der Waals surface area contributed by atoms with Crippen molar-refractivity contribution in [1.82, 2.24) is 0 Å². The van der Waals surface area contributed by atoms with Crippen LogP contribution in [-0.4, -0.2) is 0 Å². The average molecular weight is 708 g/mol. The summed E-state index contributed by atoms with van der Waals surface area (Å²) in [5.74, 6) is 0. The zero-order chi connectivity index (χ0) is 10.7. The van der Waals surface area contributed by atoms with Gasteiger partial charge in [0.25, 0.3) is 0 Å². The summed E-state index contributed by atoms with van der Waals surface area (Å²) >= 11 is -12.9. The van der Waals surface area contributed by atoms with E-state index in [0.29, 0.717) is 0 Å². The first-order valence-corrected chi connectivity index (χ1v) is 10.9. The third-order valence-corrected chi connectivity index (χ3v) is 0. The molecule has 0 aliphatic heterocycles. The molecule has 0 bridgehead atoms. The molecule has 0 atom stereocenters. The molecule has 0 aliphatic carbocycles. The van der Waals surface area contributed by atoms with E-state index >= 15 is 0 Å². The topological polar surface area (TPSA) is 190 Å². The minimum atomic E-state index is -4.29. The van der Waals surface area contributed by atoms with Gasteiger partial charge in [-0.05, 0) is 0 Å². The molecule has 0 aromatic carbocycles. The average Bonchev–Trinajstić information content (AvgIpc) is 1.54. The zero-order valence-corrected chi connectivity index (χ0v) is 19.2. The summed E-state index contributed by atoms with van der Waals surface area (Å²) in [5.41, 5.74) is 0. The van der Waals surface area contributed by atoms with E-state index in [2.05, 4.69) is 0 Å². The molecule has 14 heteroatoms. The predicted octanol–water partition coefficient (Wildman–Crippen LogP) is -7.50. The van der Waals surface area contributed by atoms with Crippen LogP contribution in [0.15, 0.2) is 0 Å². The van der Waals surface area contributed by atoms with Crippen molar-refractivity contribution in [3.63, 3.8) is 0 Å². The fraction of sp³-hybridized carbons (Fsp3) is 0. The Morgan fingerprint density at radius 3 is 0.500 bits per heavy atom. The third-order valence-electron chi connectivity index (χ3n) is 0. The monoisotopic (exact) mass is 703 g/mol. The Labute approximate surface area is 171 Å². The molecule has 9 nitrogen and oxygen atoms in total. The Bertz CT molecular complexity index is 116. The van der Waals surface area contributed by atoms with Gasteiger partial charge in [-0.3, -0.25) is 0 Å². The fourth-order valence-electron chi connectivity index (χ4n) is 0. The molecule has 0 saturated carbocycles. The minimum absolute atomic E-state index is 0. The molecule has 0 aromatic heterocycles. The van der Waals surface area contributed by atoms with Crippen LogP contribution in [0.1, 0.15) is 0 Å². The fourth-order valence-corrected chi connectivity index (χ4v) is 0. The van der Waals surface area contributed by atoms with E-state index in [4.69, 9.17) is 27.5 Å². The first-order valence-electron chi connectivity index (χ1n) is 1.84. The Morgan fingerprint density at radius 1 is 0.500 bits per heavy atom. The van der Waals surface area contributed by atoms with Crippen molar-refractivity contribution < 1.29 is 176 Å². The Kier molecular flexibility index (Phi) is 58.0. The second-order valence-electron chi connectivity index (χ2n) is 0.750. The van der Waals surface area contributed by atoms with Gasteiger partial charge in [-0.2, -0.15) is 0 Å². The van der Waals surface area contributed by atoms with Gasteiger partial charge < -0.3 is 0 Å². The second-order valence-corrected chi connectivity index (χ2v) is 4.44. The van der Waals surface area contributed by atoms with Gasteiger partial charge >= 0.3 is 176 Å². The molecule has 0 saturated heterocycles. The maximum atomic E-state index is 8.61. The van der Waals surface area contributed by atoms with Crippen molar-refractivity contribution in [1.29, 1.82) is 0 Å². The van der Waals surface area contributed by atoms with Crippen LogP contribution in [0.25, 0.3) is 0 Å². The second kappa shape index (κ2) is 26.1. The molecule has 0 radical (unpaired) electrons.